The number of carbonyl (C=O) groups is 3. The summed E-state index contributed by atoms with van der Waals surface area (Å²) in [6.45, 7) is -0.771. The van der Waals surface area contributed by atoms with Crippen molar-refractivity contribution in [1.29, 1.82) is 0 Å². The summed E-state index contributed by atoms with van der Waals surface area (Å²) in [5.74, 6) is -1.75. The van der Waals surface area contributed by atoms with Gasteiger partial charge in [-0.15, -0.1) is 0 Å². The lowest BCUT2D eigenvalue weighted by atomic mass is 10.2. The molecule has 1 amide bonds. The van der Waals surface area contributed by atoms with Crippen LogP contribution in [0.15, 0.2) is 30.3 Å². The molecule has 0 saturated heterocycles. The summed E-state index contributed by atoms with van der Waals surface area (Å²) in [5.41, 5.74) is 5.77. The third kappa shape index (κ3) is 6.18. The fraction of sp³-hybridized carbons (Fsp3) is 0.250. The number of alkyl carbamates (subject to hydrolysis) is 1. The van der Waals surface area contributed by atoms with Crippen LogP contribution >= 0.6 is 0 Å². The van der Waals surface area contributed by atoms with Crippen LogP contribution in [-0.4, -0.2) is 31.1 Å². The minimum atomic E-state index is -0.896. The van der Waals surface area contributed by atoms with Gasteiger partial charge >= 0.3 is 18.0 Å². The van der Waals surface area contributed by atoms with Gasteiger partial charge in [0.2, 0.25) is 0 Å². The molecule has 0 unspecified atom stereocenters. The first-order chi connectivity index (χ1) is 9.11. The molecule has 102 valence electrons. The Balaban J connectivity index is 2.21. The molecule has 1 aromatic rings. The average Bonchev–Trinajstić information content (AvgIpc) is 2.43. The van der Waals surface area contributed by atoms with Gasteiger partial charge in [-0.3, -0.25) is 4.79 Å². The smallest absolute Gasteiger partial charge is 0.407 e. The largest absolute Gasteiger partial charge is 0.445 e. The van der Waals surface area contributed by atoms with E-state index in [4.69, 9.17) is 10.5 Å². The molecule has 0 radical (unpaired) electrons. The molecule has 19 heavy (non-hydrogen) atoms. The normalized spacial score (nSPS) is 9.53. The molecule has 3 N–H and O–H groups in total. The Morgan fingerprint density at radius 2 is 1.79 bits per heavy atom. The molecule has 0 heterocycles. The number of hydrogen-bond donors (Lipinski definition) is 2. The van der Waals surface area contributed by atoms with Gasteiger partial charge in [-0.25, -0.2) is 9.59 Å². The molecule has 1 aromatic carbocycles. The standard InChI is InChI=1S/C12H14N2O5/c13-6-10(15)19-11(16)7-14-12(17)18-8-9-4-2-1-3-5-9/h1-5H,6-8,13H2,(H,14,17). The van der Waals surface area contributed by atoms with E-state index in [1.165, 1.54) is 0 Å². The van der Waals surface area contributed by atoms with Crippen LogP contribution in [0.2, 0.25) is 0 Å². The minimum absolute atomic E-state index is 0.0868. The number of rotatable bonds is 5. The summed E-state index contributed by atoms with van der Waals surface area (Å²) in [6.07, 6.45) is -0.777. The van der Waals surface area contributed by atoms with Crippen LogP contribution in [0.4, 0.5) is 4.79 Å². The zero-order chi connectivity index (χ0) is 14.1. The predicted octanol–water partition coefficient (Wildman–Crippen LogP) is -0.0587. The maximum Gasteiger partial charge on any atom is 0.407 e. The number of hydrogen-bond acceptors (Lipinski definition) is 6. The van der Waals surface area contributed by atoms with Gasteiger partial charge in [0.15, 0.2) is 0 Å². The third-order valence-corrected chi connectivity index (χ3v) is 1.98. The molecular weight excluding hydrogens is 252 g/mol. The fourth-order valence-electron chi connectivity index (χ4n) is 1.12. The Morgan fingerprint density at radius 1 is 1.11 bits per heavy atom. The zero-order valence-corrected chi connectivity index (χ0v) is 10.1. The molecule has 0 bridgehead atoms. The van der Waals surface area contributed by atoms with Gasteiger partial charge in [0.1, 0.15) is 13.2 Å². The number of esters is 2. The summed E-state index contributed by atoms with van der Waals surface area (Å²) in [4.78, 5) is 32.9. The molecule has 0 saturated carbocycles. The van der Waals surface area contributed by atoms with Crippen molar-refractivity contribution in [1.82, 2.24) is 5.32 Å². The van der Waals surface area contributed by atoms with Gasteiger partial charge in [-0.05, 0) is 5.56 Å². The molecular formula is C12H14N2O5. The molecule has 7 nitrogen and oxygen atoms in total. The van der Waals surface area contributed by atoms with E-state index < -0.39 is 31.1 Å². The molecule has 0 aliphatic heterocycles. The van der Waals surface area contributed by atoms with Crippen molar-refractivity contribution in [2.24, 2.45) is 5.73 Å². The third-order valence-electron chi connectivity index (χ3n) is 1.98. The molecule has 0 aliphatic carbocycles. The van der Waals surface area contributed by atoms with E-state index in [0.29, 0.717) is 0 Å². The van der Waals surface area contributed by atoms with Crippen LogP contribution in [0.5, 0.6) is 0 Å². The van der Waals surface area contributed by atoms with E-state index in [2.05, 4.69) is 10.1 Å². The van der Waals surface area contributed by atoms with Crippen LogP contribution in [-0.2, 0) is 25.7 Å². The summed E-state index contributed by atoms with van der Waals surface area (Å²) in [5, 5.41) is 2.15. The van der Waals surface area contributed by atoms with E-state index in [9.17, 15) is 14.4 Å². The van der Waals surface area contributed by atoms with Crippen molar-refractivity contribution >= 4 is 18.0 Å². The SMILES string of the molecule is NCC(=O)OC(=O)CNC(=O)OCc1ccccc1. The second-order valence-corrected chi connectivity index (χ2v) is 3.47. The Kier molecular flexibility index (Phi) is 6.04. The van der Waals surface area contributed by atoms with Crippen molar-refractivity contribution in [2.75, 3.05) is 13.1 Å². The topological polar surface area (TPSA) is 108 Å². The maximum atomic E-state index is 11.2. The lowest BCUT2D eigenvalue weighted by Crippen LogP contribution is -2.33. The highest BCUT2D eigenvalue weighted by Gasteiger charge is 2.10. The zero-order valence-electron chi connectivity index (χ0n) is 10.1. The van der Waals surface area contributed by atoms with Crippen molar-refractivity contribution in [2.45, 2.75) is 6.61 Å². The Bertz CT molecular complexity index is 447. The van der Waals surface area contributed by atoms with E-state index in [1.807, 2.05) is 18.2 Å². The molecule has 0 atom stereocenters. The van der Waals surface area contributed by atoms with E-state index in [1.54, 1.807) is 12.1 Å². The van der Waals surface area contributed by atoms with E-state index >= 15 is 0 Å². The van der Waals surface area contributed by atoms with Crippen LogP contribution in [0.3, 0.4) is 0 Å². The van der Waals surface area contributed by atoms with Crippen LogP contribution < -0.4 is 11.1 Å². The van der Waals surface area contributed by atoms with Gasteiger partial charge < -0.3 is 20.5 Å². The van der Waals surface area contributed by atoms with Crippen molar-refractivity contribution in [3.63, 3.8) is 0 Å². The summed E-state index contributed by atoms with van der Waals surface area (Å²) >= 11 is 0. The molecule has 0 spiro atoms. The molecule has 0 fully saturated rings. The molecule has 7 heteroatoms. The highest BCUT2D eigenvalue weighted by atomic mass is 16.6. The Morgan fingerprint density at radius 3 is 2.42 bits per heavy atom. The van der Waals surface area contributed by atoms with Crippen molar-refractivity contribution < 1.29 is 23.9 Å². The number of amides is 1. The molecule has 0 aliphatic rings. The predicted molar refractivity (Wildman–Crippen MR) is 64.8 cm³/mol. The van der Waals surface area contributed by atoms with Gasteiger partial charge in [0.25, 0.3) is 0 Å². The highest BCUT2D eigenvalue weighted by molar-refractivity contribution is 5.88. The minimum Gasteiger partial charge on any atom is -0.445 e. The van der Waals surface area contributed by atoms with Crippen LogP contribution in [0, 0.1) is 0 Å². The first-order valence-corrected chi connectivity index (χ1v) is 5.50. The lowest BCUT2D eigenvalue weighted by molar-refractivity contribution is -0.157. The second kappa shape index (κ2) is 7.83. The van der Waals surface area contributed by atoms with Gasteiger partial charge in [-0.2, -0.15) is 0 Å². The molecule has 0 aromatic heterocycles. The fourth-order valence-corrected chi connectivity index (χ4v) is 1.12. The van der Waals surface area contributed by atoms with Crippen molar-refractivity contribution in [3.8, 4) is 0 Å². The first kappa shape index (κ1) is 14.7. The lowest BCUT2D eigenvalue weighted by Gasteiger charge is -2.06. The van der Waals surface area contributed by atoms with Crippen LogP contribution in [0.25, 0.3) is 0 Å². The summed E-state index contributed by atoms with van der Waals surface area (Å²) < 4.78 is 9.08. The quantitative estimate of drug-likeness (QED) is 0.571. The van der Waals surface area contributed by atoms with Crippen molar-refractivity contribution in [3.05, 3.63) is 35.9 Å². The Hall–Kier alpha value is -2.41. The number of nitrogens with two attached hydrogens (primary N) is 1. The number of ether oxygens (including phenoxy) is 2. The summed E-state index contributed by atoms with van der Waals surface area (Å²) in [7, 11) is 0. The molecule has 1 rings (SSSR count). The number of benzene rings is 1. The number of nitrogens with one attached hydrogen (secondary N) is 1. The van der Waals surface area contributed by atoms with Crippen LogP contribution in [0.1, 0.15) is 5.56 Å². The van der Waals surface area contributed by atoms with Gasteiger partial charge in [0, 0.05) is 0 Å². The van der Waals surface area contributed by atoms with E-state index in [0.717, 1.165) is 5.56 Å². The Labute approximate surface area is 109 Å². The summed E-state index contributed by atoms with van der Waals surface area (Å²) in [6, 6.07) is 9.05. The van der Waals surface area contributed by atoms with Gasteiger partial charge in [0.05, 0.1) is 6.54 Å². The second-order valence-electron chi connectivity index (χ2n) is 3.47. The highest BCUT2D eigenvalue weighted by Crippen LogP contribution is 2.00. The first-order valence-electron chi connectivity index (χ1n) is 5.50. The maximum absolute atomic E-state index is 11.2. The van der Waals surface area contributed by atoms with Gasteiger partial charge in [-0.1, -0.05) is 30.3 Å². The number of carbonyl (C=O) groups excluding carboxylic acids is 3. The monoisotopic (exact) mass is 266 g/mol. The van der Waals surface area contributed by atoms with E-state index in [-0.39, 0.29) is 6.61 Å². The average molecular weight is 266 g/mol.